The summed E-state index contributed by atoms with van der Waals surface area (Å²) in [7, 11) is 0. The molecule has 0 fully saturated rings. The summed E-state index contributed by atoms with van der Waals surface area (Å²) in [6.07, 6.45) is 0. The minimum Gasteiger partial charge on any atom is -0.374 e. The van der Waals surface area contributed by atoms with Crippen molar-refractivity contribution in [2.75, 3.05) is 5.73 Å². The van der Waals surface area contributed by atoms with Gasteiger partial charge in [-0.3, -0.25) is 9.36 Å². The van der Waals surface area contributed by atoms with Crippen LogP contribution in [0.1, 0.15) is 11.7 Å². The zero-order valence-electron chi connectivity index (χ0n) is 12.8. The number of nitrogen functional groups attached to an aromatic ring is 1. The molecule has 24 heavy (non-hydrogen) atoms. The normalized spacial score (nSPS) is 12.7. The van der Waals surface area contributed by atoms with Crippen molar-refractivity contribution in [3.8, 4) is 0 Å². The highest BCUT2D eigenvalue weighted by atomic mass is 32.2. The van der Waals surface area contributed by atoms with Crippen LogP contribution in [0.3, 0.4) is 0 Å². The fourth-order valence-electron chi connectivity index (χ4n) is 2.81. The number of aromatic nitrogens is 3. The molecule has 2 N–H and O–H groups in total. The van der Waals surface area contributed by atoms with Crippen LogP contribution in [0.2, 0.25) is 0 Å². The lowest BCUT2D eigenvalue weighted by atomic mass is 10.2. The number of hydrogen-bond donors (Lipinski definition) is 1. The molecule has 2 heterocycles. The fourth-order valence-corrected chi connectivity index (χ4v) is 4.63. The minimum absolute atomic E-state index is 0.0196. The first-order valence-electron chi connectivity index (χ1n) is 7.43. The van der Waals surface area contributed by atoms with Crippen molar-refractivity contribution >= 4 is 55.9 Å². The minimum atomic E-state index is -0.295. The maximum absolute atomic E-state index is 13.1. The lowest BCUT2D eigenvalue weighted by Gasteiger charge is -2.11. The molecule has 0 saturated heterocycles. The number of carbonyl (C=O) groups excluding carboxylic acids is 1. The Hall–Kier alpha value is -2.38. The van der Waals surface area contributed by atoms with E-state index in [2.05, 4.69) is 10.2 Å². The van der Waals surface area contributed by atoms with E-state index < -0.39 is 0 Å². The zero-order valence-corrected chi connectivity index (χ0v) is 14.5. The molecule has 0 aliphatic heterocycles. The number of benzene rings is 2. The van der Waals surface area contributed by atoms with E-state index in [1.54, 1.807) is 4.57 Å². The van der Waals surface area contributed by atoms with E-state index in [4.69, 9.17) is 5.73 Å². The van der Waals surface area contributed by atoms with Crippen LogP contribution in [-0.4, -0.2) is 25.9 Å². The summed E-state index contributed by atoms with van der Waals surface area (Å²) in [6, 6.07) is 15.9. The van der Waals surface area contributed by atoms with Gasteiger partial charge in [0.15, 0.2) is 4.34 Å². The number of carbonyl (C=O) groups is 1. The van der Waals surface area contributed by atoms with Gasteiger partial charge in [-0.2, -0.15) is 0 Å². The van der Waals surface area contributed by atoms with E-state index in [9.17, 15) is 4.79 Å². The second-order valence-corrected chi connectivity index (χ2v) is 7.97. The van der Waals surface area contributed by atoms with Crippen molar-refractivity contribution in [1.82, 2.24) is 14.8 Å². The van der Waals surface area contributed by atoms with Crippen molar-refractivity contribution < 1.29 is 4.79 Å². The third-order valence-electron chi connectivity index (χ3n) is 3.85. The van der Waals surface area contributed by atoms with Crippen LogP contribution in [0.4, 0.5) is 5.13 Å². The zero-order chi connectivity index (χ0) is 16.7. The molecule has 0 saturated carbocycles. The van der Waals surface area contributed by atoms with Gasteiger partial charge in [0.05, 0.1) is 16.3 Å². The lowest BCUT2D eigenvalue weighted by molar-refractivity contribution is 0.0925. The summed E-state index contributed by atoms with van der Waals surface area (Å²) >= 11 is 2.68. The third-order valence-corrected chi connectivity index (χ3v) is 5.77. The summed E-state index contributed by atoms with van der Waals surface area (Å²) < 4.78 is 2.50. The van der Waals surface area contributed by atoms with E-state index in [0.717, 1.165) is 21.8 Å². The highest BCUT2D eigenvalue weighted by Gasteiger charge is 2.22. The van der Waals surface area contributed by atoms with Crippen LogP contribution in [0.15, 0.2) is 52.9 Å². The van der Waals surface area contributed by atoms with Gasteiger partial charge in [0, 0.05) is 10.8 Å². The number of nitrogens with two attached hydrogens (primary N) is 1. The van der Waals surface area contributed by atoms with E-state index in [-0.39, 0.29) is 11.2 Å². The van der Waals surface area contributed by atoms with Gasteiger partial charge in [-0.1, -0.05) is 59.5 Å². The monoisotopic (exact) mass is 354 g/mol. The molecule has 2 aromatic heterocycles. The van der Waals surface area contributed by atoms with E-state index in [1.807, 2.05) is 55.5 Å². The van der Waals surface area contributed by atoms with Crippen molar-refractivity contribution in [2.24, 2.45) is 0 Å². The molecule has 7 heteroatoms. The number of thioether (sulfide) groups is 1. The second-order valence-electron chi connectivity index (χ2n) is 5.37. The Kier molecular flexibility index (Phi) is 3.74. The third kappa shape index (κ3) is 2.46. The first-order chi connectivity index (χ1) is 11.6. The molecule has 0 amide bonds. The Labute approximate surface area is 146 Å². The number of fused-ring (bicyclic) bond motifs is 3. The predicted octanol–water partition coefficient (Wildman–Crippen LogP) is 4.05. The Balaban J connectivity index is 1.80. The van der Waals surface area contributed by atoms with E-state index in [1.165, 1.54) is 23.1 Å². The van der Waals surface area contributed by atoms with Gasteiger partial charge in [-0.05, 0) is 19.1 Å². The number of hydrogen-bond acceptors (Lipinski definition) is 6. The van der Waals surface area contributed by atoms with Crippen LogP contribution >= 0.6 is 23.1 Å². The molecule has 0 spiro atoms. The van der Waals surface area contributed by atoms with Gasteiger partial charge in [0.25, 0.3) is 0 Å². The molecule has 5 nitrogen and oxygen atoms in total. The van der Waals surface area contributed by atoms with Gasteiger partial charge in [-0.15, -0.1) is 10.2 Å². The highest BCUT2D eigenvalue weighted by molar-refractivity contribution is 8.02. The van der Waals surface area contributed by atoms with E-state index >= 15 is 0 Å². The van der Waals surface area contributed by atoms with Crippen molar-refractivity contribution in [3.05, 3.63) is 48.5 Å². The Morgan fingerprint density at radius 1 is 1.08 bits per heavy atom. The largest absolute Gasteiger partial charge is 0.374 e. The summed E-state index contributed by atoms with van der Waals surface area (Å²) in [5, 5.41) is 10.1. The maximum atomic E-state index is 13.1. The SMILES string of the molecule is C[C@@H](Sc1nnc(N)s1)C(=O)n1c2ccccc2c2ccccc21. The molecule has 2 aromatic carbocycles. The van der Waals surface area contributed by atoms with Crippen LogP contribution in [-0.2, 0) is 0 Å². The van der Waals surface area contributed by atoms with Crippen molar-refractivity contribution in [3.63, 3.8) is 0 Å². The number of anilines is 1. The van der Waals surface area contributed by atoms with Gasteiger partial charge in [-0.25, -0.2) is 0 Å². The Morgan fingerprint density at radius 2 is 1.67 bits per heavy atom. The quantitative estimate of drug-likeness (QED) is 0.562. The van der Waals surface area contributed by atoms with Crippen LogP contribution < -0.4 is 5.73 Å². The lowest BCUT2D eigenvalue weighted by Crippen LogP contribution is -2.21. The molecule has 1 atom stereocenters. The number of nitrogens with zero attached hydrogens (tertiary/aromatic N) is 3. The molecule has 4 rings (SSSR count). The Morgan fingerprint density at radius 3 is 2.21 bits per heavy atom. The maximum Gasteiger partial charge on any atom is 0.244 e. The predicted molar refractivity (Wildman–Crippen MR) is 99.7 cm³/mol. The summed E-state index contributed by atoms with van der Waals surface area (Å²) in [6.45, 7) is 1.88. The average molecular weight is 354 g/mol. The van der Waals surface area contributed by atoms with Crippen LogP contribution in [0, 0.1) is 0 Å². The van der Waals surface area contributed by atoms with Crippen LogP contribution in [0.5, 0.6) is 0 Å². The first-order valence-corrected chi connectivity index (χ1v) is 9.13. The highest BCUT2D eigenvalue weighted by Crippen LogP contribution is 2.32. The first kappa shape index (κ1) is 15.2. The molecule has 120 valence electrons. The van der Waals surface area contributed by atoms with Crippen LogP contribution in [0.25, 0.3) is 21.8 Å². The molecule has 4 aromatic rings. The number of rotatable bonds is 3. The average Bonchev–Trinajstić information content (AvgIpc) is 3.15. The van der Waals surface area contributed by atoms with Crippen molar-refractivity contribution in [2.45, 2.75) is 16.5 Å². The van der Waals surface area contributed by atoms with Crippen molar-refractivity contribution in [1.29, 1.82) is 0 Å². The molecular formula is C17H14N4OS2. The van der Waals surface area contributed by atoms with Gasteiger partial charge in [0.1, 0.15) is 0 Å². The standard InChI is InChI=1S/C17H14N4OS2/c1-10(23-17-20-19-16(18)24-17)15(22)21-13-8-4-2-6-11(13)12-7-3-5-9-14(12)21/h2-10H,1H3,(H2,18,19)/t10-/m1/s1. The van der Waals surface area contributed by atoms with Gasteiger partial charge >= 0.3 is 0 Å². The van der Waals surface area contributed by atoms with Gasteiger partial charge < -0.3 is 5.73 Å². The topological polar surface area (TPSA) is 73.8 Å². The summed E-state index contributed by atoms with van der Waals surface area (Å²) in [5.41, 5.74) is 7.46. The van der Waals surface area contributed by atoms with Gasteiger partial charge in [0.2, 0.25) is 11.0 Å². The second kappa shape index (κ2) is 5.92. The van der Waals surface area contributed by atoms with E-state index in [0.29, 0.717) is 9.47 Å². The smallest absolute Gasteiger partial charge is 0.244 e. The molecule has 0 radical (unpaired) electrons. The Bertz CT molecular complexity index is 1000. The summed E-state index contributed by atoms with van der Waals surface area (Å²) in [5.74, 6) is 0.0196. The fraction of sp³-hybridized carbons (Fsp3) is 0.118. The molecular weight excluding hydrogens is 340 g/mol. The molecule has 0 aliphatic carbocycles. The molecule has 0 bridgehead atoms. The summed E-state index contributed by atoms with van der Waals surface area (Å²) in [4.78, 5) is 13.1. The molecule has 0 aliphatic rings. The molecule has 0 unspecified atom stereocenters. The number of para-hydroxylation sites is 2.